The molecule has 1 N–H and O–H groups in total. The molecule has 1 saturated heterocycles. The average Bonchev–Trinajstić information content (AvgIpc) is 3.32. The van der Waals surface area contributed by atoms with Crippen molar-refractivity contribution in [3.63, 3.8) is 0 Å². The Hall–Kier alpha value is -3.16. The lowest BCUT2D eigenvalue weighted by molar-refractivity contribution is -0.137. The summed E-state index contributed by atoms with van der Waals surface area (Å²) in [5.74, 6) is 0.0315. The second kappa shape index (κ2) is 9.56. The number of hydrogen-bond donors (Lipinski definition) is 1. The fourth-order valence-electron chi connectivity index (χ4n) is 3.47. The number of rotatable bonds is 8. The van der Waals surface area contributed by atoms with Crippen LogP contribution in [0.1, 0.15) is 23.7 Å². The molecule has 1 atom stereocenters. The molecule has 156 valence electrons. The molecule has 0 aliphatic carbocycles. The monoisotopic (exact) mass is 407 g/mol. The molecule has 2 heterocycles. The molecule has 30 heavy (non-hydrogen) atoms. The Morgan fingerprint density at radius 1 is 1.17 bits per heavy atom. The van der Waals surface area contributed by atoms with Crippen molar-refractivity contribution >= 4 is 5.97 Å². The van der Waals surface area contributed by atoms with Crippen molar-refractivity contribution in [2.24, 2.45) is 0 Å². The smallest absolute Gasteiger partial charge is 0.304 e. The van der Waals surface area contributed by atoms with Crippen molar-refractivity contribution in [2.45, 2.75) is 19.1 Å². The van der Waals surface area contributed by atoms with E-state index < -0.39 is 5.97 Å². The van der Waals surface area contributed by atoms with Gasteiger partial charge in [-0.1, -0.05) is 24.3 Å². The number of carboxylic acid groups (broad SMARTS) is 1. The van der Waals surface area contributed by atoms with Gasteiger partial charge in [0.25, 0.3) is 0 Å². The zero-order chi connectivity index (χ0) is 20.8. The number of carbonyl (C=O) groups is 1. The molecular weight excluding hydrogens is 382 g/mol. The minimum Gasteiger partial charge on any atom is -0.489 e. The lowest BCUT2D eigenvalue weighted by Crippen LogP contribution is -2.39. The summed E-state index contributed by atoms with van der Waals surface area (Å²) in [6.45, 7) is 3.12. The summed E-state index contributed by atoms with van der Waals surface area (Å²) < 4.78 is 13.6. The van der Waals surface area contributed by atoms with E-state index in [2.05, 4.69) is 10.00 Å². The van der Waals surface area contributed by atoms with Crippen LogP contribution in [0.3, 0.4) is 0 Å². The molecule has 7 heteroatoms. The molecule has 1 fully saturated rings. The molecule has 1 aromatic heterocycles. The van der Waals surface area contributed by atoms with E-state index in [4.69, 9.17) is 14.6 Å². The Morgan fingerprint density at radius 3 is 2.67 bits per heavy atom. The zero-order valence-corrected chi connectivity index (χ0v) is 16.7. The lowest BCUT2D eigenvalue weighted by Gasteiger charge is -2.32. The SMILES string of the molecule is O=C(O)CCN1CCOC(c2ccc(OCc3ccc(-n4cccn4)cc3)cc2)C1. The van der Waals surface area contributed by atoms with Gasteiger partial charge < -0.3 is 14.6 Å². The van der Waals surface area contributed by atoms with Crippen molar-refractivity contribution in [1.82, 2.24) is 14.7 Å². The van der Waals surface area contributed by atoms with Crippen molar-refractivity contribution in [3.05, 3.63) is 78.1 Å². The maximum Gasteiger partial charge on any atom is 0.304 e. The molecule has 2 aromatic carbocycles. The van der Waals surface area contributed by atoms with Crippen LogP contribution in [0.2, 0.25) is 0 Å². The first kappa shape index (κ1) is 20.1. The van der Waals surface area contributed by atoms with Gasteiger partial charge >= 0.3 is 5.97 Å². The van der Waals surface area contributed by atoms with Crippen LogP contribution in [-0.2, 0) is 16.1 Å². The Balaban J connectivity index is 1.30. The van der Waals surface area contributed by atoms with E-state index in [1.165, 1.54) is 0 Å². The van der Waals surface area contributed by atoms with Gasteiger partial charge in [0.1, 0.15) is 12.4 Å². The van der Waals surface area contributed by atoms with E-state index in [1.807, 2.05) is 65.5 Å². The summed E-state index contributed by atoms with van der Waals surface area (Å²) in [6.07, 6.45) is 3.78. The molecule has 0 bridgehead atoms. The summed E-state index contributed by atoms with van der Waals surface area (Å²) in [5, 5.41) is 13.1. The Bertz CT molecular complexity index is 940. The predicted molar refractivity (Wildman–Crippen MR) is 112 cm³/mol. The summed E-state index contributed by atoms with van der Waals surface area (Å²) in [5.41, 5.74) is 3.17. The summed E-state index contributed by atoms with van der Waals surface area (Å²) in [6, 6.07) is 17.9. The van der Waals surface area contributed by atoms with E-state index in [1.54, 1.807) is 6.20 Å². The summed E-state index contributed by atoms with van der Waals surface area (Å²) in [4.78, 5) is 12.9. The number of hydrogen-bond acceptors (Lipinski definition) is 5. The van der Waals surface area contributed by atoms with Gasteiger partial charge in [0.05, 0.1) is 24.8 Å². The van der Waals surface area contributed by atoms with Crippen LogP contribution in [0, 0.1) is 0 Å². The van der Waals surface area contributed by atoms with Crippen molar-refractivity contribution in [1.29, 1.82) is 0 Å². The molecule has 1 unspecified atom stereocenters. The van der Waals surface area contributed by atoms with Crippen LogP contribution in [-0.4, -0.2) is 52.0 Å². The lowest BCUT2D eigenvalue weighted by atomic mass is 10.1. The van der Waals surface area contributed by atoms with E-state index in [9.17, 15) is 4.79 Å². The van der Waals surface area contributed by atoms with E-state index >= 15 is 0 Å². The molecule has 1 aliphatic rings. The molecule has 0 amide bonds. The number of ether oxygens (including phenoxy) is 2. The summed E-state index contributed by atoms with van der Waals surface area (Å²) >= 11 is 0. The van der Waals surface area contributed by atoms with Crippen LogP contribution in [0.4, 0.5) is 0 Å². The molecule has 0 saturated carbocycles. The first-order valence-corrected chi connectivity index (χ1v) is 10.0. The molecule has 0 radical (unpaired) electrons. The second-order valence-corrected chi connectivity index (χ2v) is 7.28. The minimum absolute atomic E-state index is 0.0450. The number of nitrogens with zero attached hydrogens (tertiary/aromatic N) is 3. The maximum absolute atomic E-state index is 10.8. The average molecular weight is 407 g/mol. The number of carboxylic acids is 1. The third kappa shape index (κ3) is 5.25. The van der Waals surface area contributed by atoms with Crippen LogP contribution in [0.15, 0.2) is 67.0 Å². The van der Waals surface area contributed by atoms with Gasteiger partial charge in [-0.05, 0) is 41.5 Å². The number of benzene rings is 2. The van der Waals surface area contributed by atoms with E-state index in [-0.39, 0.29) is 12.5 Å². The molecule has 4 rings (SSSR count). The first-order chi connectivity index (χ1) is 14.7. The zero-order valence-electron chi connectivity index (χ0n) is 16.7. The Kier molecular flexibility index (Phi) is 6.41. The van der Waals surface area contributed by atoms with Crippen LogP contribution < -0.4 is 4.74 Å². The topological polar surface area (TPSA) is 76.8 Å². The fraction of sp³-hybridized carbons (Fsp3) is 0.304. The highest BCUT2D eigenvalue weighted by Gasteiger charge is 2.22. The molecule has 0 spiro atoms. The summed E-state index contributed by atoms with van der Waals surface area (Å²) in [7, 11) is 0. The van der Waals surface area contributed by atoms with Gasteiger partial charge in [-0.2, -0.15) is 5.10 Å². The van der Waals surface area contributed by atoms with Crippen molar-refractivity contribution in [3.8, 4) is 11.4 Å². The van der Waals surface area contributed by atoms with Gasteiger partial charge in [0.15, 0.2) is 0 Å². The fourth-order valence-corrected chi connectivity index (χ4v) is 3.47. The highest BCUT2D eigenvalue weighted by molar-refractivity contribution is 5.66. The molecule has 3 aromatic rings. The van der Waals surface area contributed by atoms with Crippen LogP contribution >= 0.6 is 0 Å². The predicted octanol–water partition coefficient (Wildman–Crippen LogP) is 3.30. The normalized spacial score (nSPS) is 17.0. The highest BCUT2D eigenvalue weighted by atomic mass is 16.5. The maximum atomic E-state index is 10.8. The Morgan fingerprint density at radius 2 is 1.97 bits per heavy atom. The Labute approximate surface area is 175 Å². The van der Waals surface area contributed by atoms with E-state index in [0.717, 1.165) is 29.1 Å². The highest BCUT2D eigenvalue weighted by Crippen LogP contribution is 2.25. The molecule has 1 aliphatic heterocycles. The standard InChI is InChI=1S/C23H25N3O4/c27-23(28)10-13-25-14-15-29-22(16-25)19-4-8-21(9-5-19)30-17-18-2-6-20(7-3-18)26-12-1-11-24-26/h1-9,11-12,22H,10,13-17H2,(H,27,28). The first-order valence-electron chi connectivity index (χ1n) is 10.0. The van der Waals surface area contributed by atoms with Gasteiger partial charge in [-0.3, -0.25) is 9.69 Å². The van der Waals surface area contributed by atoms with Gasteiger partial charge in [0, 0.05) is 32.0 Å². The van der Waals surface area contributed by atoms with Gasteiger partial charge in [-0.15, -0.1) is 0 Å². The second-order valence-electron chi connectivity index (χ2n) is 7.28. The third-order valence-electron chi connectivity index (χ3n) is 5.16. The van der Waals surface area contributed by atoms with Crippen LogP contribution in [0.5, 0.6) is 5.75 Å². The van der Waals surface area contributed by atoms with Gasteiger partial charge in [-0.25, -0.2) is 4.68 Å². The number of aromatic nitrogens is 2. The number of morpholine rings is 1. The van der Waals surface area contributed by atoms with Crippen molar-refractivity contribution in [2.75, 3.05) is 26.2 Å². The number of aliphatic carboxylic acids is 1. The molecule has 7 nitrogen and oxygen atoms in total. The van der Waals surface area contributed by atoms with Gasteiger partial charge in [0.2, 0.25) is 0 Å². The largest absolute Gasteiger partial charge is 0.489 e. The minimum atomic E-state index is -0.768. The quantitative estimate of drug-likeness (QED) is 0.617. The van der Waals surface area contributed by atoms with Crippen LogP contribution in [0.25, 0.3) is 5.69 Å². The van der Waals surface area contributed by atoms with E-state index in [0.29, 0.717) is 26.3 Å². The third-order valence-corrected chi connectivity index (χ3v) is 5.16. The molecular formula is C23H25N3O4. The van der Waals surface area contributed by atoms with Crippen molar-refractivity contribution < 1.29 is 19.4 Å².